The molecule has 0 aliphatic heterocycles. The lowest BCUT2D eigenvalue weighted by Crippen LogP contribution is -2.26. The first-order chi connectivity index (χ1) is 7.86. The van der Waals surface area contributed by atoms with Crippen molar-refractivity contribution in [2.24, 2.45) is 0 Å². The zero-order valence-electron chi connectivity index (χ0n) is 9.39. The normalized spacial score (nSPS) is 19.6. The number of allylic oxidation sites excluding steroid dienone is 3. The van der Waals surface area contributed by atoms with E-state index < -0.39 is 0 Å². The molecule has 2 rings (SSSR count). The molecular weight excluding hydrogens is 196 g/mol. The van der Waals surface area contributed by atoms with Crippen LogP contribution in [0.3, 0.4) is 0 Å². The SMILES string of the molecule is Nc1ccccc1CNC1C=CC=CCC1. The third kappa shape index (κ3) is 2.97. The van der Waals surface area contributed by atoms with Crippen LogP contribution in [0.5, 0.6) is 0 Å². The third-order valence-corrected chi connectivity index (χ3v) is 2.84. The van der Waals surface area contributed by atoms with Gasteiger partial charge in [0.05, 0.1) is 0 Å². The molecule has 0 spiro atoms. The molecule has 0 amide bonds. The van der Waals surface area contributed by atoms with Crippen molar-refractivity contribution in [3.05, 3.63) is 54.1 Å². The molecule has 16 heavy (non-hydrogen) atoms. The van der Waals surface area contributed by atoms with E-state index in [1.54, 1.807) is 0 Å². The van der Waals surface area contributed by atoms with Crippen LogP contribution in [-0.2, 0) is 6.54 Å². The number of hydrogen-bond acceptors (Lipinski definition) is 2. The molecule has 1 atom stereocenters. The van der Waals surface area contributed by atoms with Gasteiger partial charge in [0.25, 0.3) is 0 Å². The Hall–Kier alpha value is -1.54. The Bertz CT molecular complexity index is 393. The lowest BCUT2D eigenvalue weighted by Gasteiger charge is -2.14. The fourth-order valence-electron chi connectivity index (χ4n) is 1.85. The van der Waals surface area contributed by atoms with Crippen LogP contribution >= 0.6 is 0 Å². The van der Waals surface area contributed by atoms with Crippen molar-refractivity contribution in [2.75, 3.05) is 5.73 Å². The van der Waals surface area contributed by atoms with Crippen molar-refractivity contribution in [3.8, 4) is 0 Å². The number of anilines is 1. The van der Waals surface area contributed by atoms with E-state index in [0.717, 1.165) is 25.1 Å². The van der Waals surface area contributed by atoms with Crippen LogP contribution in [-0.4, -0.2) is 6.04 Å². The van der Waals surface area contributed by atoms with Gasteiger partial charge in [-0.05, 0) is 24.5 Å². The molecule has 2 heteroatoms. The lowest BCUT2D eigenvalue weighted by atomic mass is 10.1. The van der Waals surface area contributed by atoms with Crippen LogP contribution in [0.25, 0.3) is 0 Å². The van der Waals surface area contributed by atoms with Gasteiger partial charge in [-0.25, -0.2) is 0 Å². The van der Waals surface area contributed by atoms with Crippen LogP contribution in [0.4, 0.5) is 5.69 Å². The Morgan fingerprint density at radius 3 is 3.00 bits per heavy atom. The predicted molar refractivity (Wildman–Crippen MR) is 69.0 cm³/mol. The first kappa shape index (κ1) is 11.0. The number of nitrogens with one attached hydrogen (secondary N) is 1. The molecule has 0 aromatic heterocycles. The van der Waals surface area contributed by atoms with Gasteiger partial charge in [-0.2, -0.15) is 0 Å². The quantitative estimate of drug-likeness (QED) is 0.759. The highest BCUT2D eigenvalue weighted by molar-refractivity contribution is 5.46. The molecule has 2 nitrogen and oxygen atoms in total. The molecule has 0 saturated carbocycles. The van der Waals surface area contributed by atoms with Crippen molar-refractivity contribution >= 4 is 5.69 Å². The van der Waals surface area contributed by atoms with Gasteiger partial charge in [0.1, 0.15) is 0 Å². The van der Waals surface area contributed by atoms with E-state index in [2.05, 4.69) is 35.7 Å². The molecule has 1 unspecified atom stereocenters. The van der Waals surface area contributed by atoms with Gasteiger partial charge < -0.3 is 11.1 Å². The van der Waals surface area contributed by atoms with Gasteiger partial charge in [-0.1, -0.05) is 42.5 Å². The van der Waals surface area contributed by atoms with Crippen LogP contribution in [0.1, 0.15) is 18.4 Å². The smallest absolute Gasteiger partial charge is 0.0359 e. The van der Waals surface area contributed by atoms with E-state index in [1.807, 2.05) is 18.2 Å². The minimum Gasteiger partial charge on any atom is -0.398 e. The van der Waals surface area contributed by atoms with Gasteiger partial charge in [-0.15, -0.1) is 0 Å². The molecule has 0 bridgehead atoms. The Morgan fingerprint density at radius 1 is 1.25 bits per heavy atom. The molecule has 0 heterocycles. The summed E-state index contributed by atoms with van der Waals surface area (Å²) < 4.78 is 0. The number of para-hydroxylation sites is 1. The van der Waals surface area contributed by atoms with E-state index in [-0.39, 0.29) is 0 Å². The summed E-state index contributed by atoms with van der Waals surface area (Å²) in [6, 6.07) is 8.46. The topological polar surface area (TPSA) is 38.0 Å². The molecular formula is C14H18N2. The van der Waals surface area contributed by atoms with E-state index >= 15 is 0 Å². The van der Waals surface area contributed by atoms with E-state index in [9.17, 15) is 0 Å². The van der Waals surface area contributed by atoms with Crippen LogP contribution < -0.4 is 11.1 Å². The van der Waals surface area contributed by atoms with Gasteiger partial charge in [0.2, 0.25) is 0 Å². The summed E-state index contributed by atoms with van der Waals surface area (Å²) >= 11 is 0. The van der Waals surface area contributed by atoms with Crippen LogP contribution in [0.2, 0.25) is 0 Å². The summed E-state index contributed by atoms with van der Waals surface area (Å²) in [7, 11) is 0. The minimum atomic E-state index is 0.453. The fourth-order valence-corrected chi connectivity index (χ4v) is 1.85. The zero-order valence-corrected chi connectivity index (χ0v) is 9.39. The molecule has 84 valence electrons. The second-order valence-corrected chi connectivity index (χ2v) is 4.08. The molecule has 0 fully saturated rings. The summed E-state index contributed by atoms with van der Waals surface area (Å²) in [5.41, 5.74) is 7.94. The minimum absolute atomic E-state index is 0.453. The Kier molecular flexibility index (Phi) is 3.78. The summed E-state index contributed by atoms with van der Waals surface area (Å²) in [5, 5.41) is 3.51. The van der Waals surface area contributed by atoms with Crippen molar-refractivity contribution in [1.82, 2.24) is 5.32 Å². The van der Waals surface area contributed by atoms with Gasteiger partial charge >= 0.3 is 0 Å². The average Bonchev–Trinajstić information content (AvgIpc) is 2.56. The number of rotatable bonds is 3. The first-order valence-corrected chi connectivity index (χ1v) is 5.76. The largest absolute Gasteiger partial charge is 0.398 e. The van der Waals surface area contributed by atoms with Gasteiger partial charge in [-0.3, -0.25) is 0 Å². The van der Waals surface area contributed by atoms with Crippen molar-refractivity contribution in [3.63, 3.8) is 0 Å². The summed E-state index contributed by atoms with van der Waals surface area (Å²) in [6.45, 7) is 0.835. The van der Waals surface area contributed by atoms with E-state index in [4.69, 9.17) is 5.73 Å². The highest BCUT2D eigenvalue weighted by Crippen LogP contribution is 2.11. The lowest BCUT2D eigenvalue weighted by molar-refractivity contribution is 0.563. The average molecular weight is 214 g/mol. The molecule has 3 N–H and O–H groups in total. The maximum atomic E-state index is 5.90. The van der Waals surface area contributed by atoms with Crippen molar-refractivity contribution in [2.45, 2.75) is 25.4 Å². The molecule has 0 saturated heterocycles. The second kappa shape index (κ2) is 5.52. The maximum Gasteiger partial charge on any atom is 0.0359 e. The highest BCUT2D eigenvalue weighted by Gasteiger charge is 2.05. The van der Waals surface area contributed by atoms with E-state index in [1.165, 1.54) is 5.56 Å². The van der Waals surface area contributed by atoms with Crippen LogP contribution in [0, 0.1) is 0 Å². The summed E-state index contributed by atoms with van der Waals surface area (Å²) in [4.78, 5) is 0. The monoisotopic (exact) mass is 214 g/mol. The fraction of sp³-hybridized carbons (Fsp3) is 0.286. The number of nitrogen functional groups attached to an aromatic ring is 1. The molecule has 1 aliphatic carbocycles. The number of hydrogen-bond donors (Lipinski definition) is 2. The number of nitrogens with two attached hydrogens (primary N) is 1. The molecule has 1 aromatic carbocycles. The molecule has 0 radical (unpaired) electrons. The highest BCUT2D eigenvalue weighted by atomic mass is 14.9. The third-order valence-electron chi connectivity index (χ3n) is 2.84. The Morgan fingerprint density at radius 2 is 2.12 bits per heavy atom. The van der Waals surface area contributed by atoms with Crippen LogP contribution in [0.15, 0.2) is 48.6 Å². The van der Waals surface area contributed by atoms with Crippen molar-refractivity contribution in [1.29, 1.82) is 0 Å². The van der Waals surface area contributed by atoms with Crippen molar-refractivity contribution < 1.29 is 0 Å². The standard InChI is InChI=1S/C14H18N2/c15-14-10-6-5-7-12(14)11-16-13-8-3-1-2-4-9-13/h1-3,5-8,10,13,16H,4,9,11,15H2. The Labute approximate surface area is 96.9 Å². The zero-order chi connectivity index (χ0) is 11.2. The Balaban J connectivity index is 1.90. The van der Waals surface area contributed by atoms with Gasteiger partial charge in [0.15, 0.2) is 0 Å². The summed E-state index contributed by atoms with van der Waals surface area (Å²) in [5.74, 6) is 0. The molecule has 1 aliphatic rings. The second-order valence-electron chi connectivity index (χ2n) is 4.08. The number of benzene rings is 1. The summed E-state index contributed by atoms with van der Waals surface area (Å²) in [6.07, 6.45) is 10.9. The molecule has 1 aromatic rings. The van der Waals surface area contributed by atoms with E-state index in [0.29, 0.717) is 6.04 Å². The predicted octanol–water partition coefficient (Wildman–Crippen LogP) is 2.63. The maximum absolute atomic E-state index is 5.90. The first-order valence-electron chi connectivity index (χ1n) is 5.76. The van der Waals surface area contributed by atoms with Gasteiger partial charge in [0, 0.05) is 18.3 Å².